The van der Waals surface area contributed by atoms with Crippen LogP contribution in [0.15, 0.2) is 22.8 Å². The average molecular weight is 226 g/mol. The Morgan fingerprint density at radius 3 is 2.69 bits per heavy atom. The Hall–Kier alpha value is -1.78. The van der Waals surface area contributed by atoms with Crippen molar-refractivity contribution in [2.75, 3.05) is 0 Å². The summed E-state index contributed by atoms with van der Waals surface area (Å²) >= 11 is 0. The molecule has 5 heteroatoms. The minimum Gasteiger partial charge on any atom is -0.480 e. The van der Waals surface area contributed by atoms with Gasteiger partial charge >= 0.3 is 11.9 Å². The molecule has 1 N–H and O–H groups in total. The molecule has 88 valence electrons. The first-order chi connectivity index (χ1) is 7.56. The molecule has 0 fully saturated rings. The summed E-state index contributed by atoms with van der Waals surface area (Å²) in [6.07, 6.45) is 1.65. The minimum absolute atomic E-state index is 0.0841. The third-order valence-electron chi connectivity index (χ3n) is 2.20. The van der Waals surface area contributed by atoms with Crippen molar-refractivity contribution in [1.82, 2.24) is 0 Å². The fraction of sp³-hybridized carbons (Fsp3) is 0.455. The molecular formula is C11H14O5. The van der Waals surface area contributed by atoms with Crippen molar-refractivity contribution in [3.63, 3.8) is 0 Å². The lowest BCUT2D eigenvalue weighted by molar-refractivity contribution is -0.158. The van der Waals surface area contributed by atoms with Gasteiger partial charge in [0.1, 0.15) is 5.76 Å². The Labute approximate surface area is 93.0 Å². The van der Waals surface area contributed by atoms with E-state index >= 15 is 0 Å². The van der Waals surface area contributed by atoms with Gasteiger partial charge in [-0.2, -0.15) is 0 Å². The predicted octanol–water partition coefficient (Wildman–Crippen LogP) is 1.79. The van der Waals surface area contributed by atoms with E-state index in [1.807, 2.05) is 6.92 Å². The third kappa shape index (κ3) is 2.85. The van der Waals surface area contributed by atoms with Crippen LogP contribution in [0.1, 0.15) is 31.9 Å². The van der Waals surface area contributed by atoms with Crippen molar-refractivity contribution >= 4 is 11.9 Å². The summed E-state index contributed by atoms with van der Waals surface area (Å²) in [6.45, 7) is 3.56. The number of ether oxygens (including phenoxy) is 1. The van der Waals surface area contributed by atoms with Gasteiger partial charge in [-0.1, -0.05) is 6.92 Å². The van der Waals surface area contributed by atoms with Crippen molar-refractivity contribution in [3.8, 4) is 0 Å². The Bertz CT molecular complexity index is 354. The first-order valence-corrected chi connectivity index (χ1v) is 5.03. The lowest BCUT2D eigenvalue weighted by Gasteiger charge is -2.14. The maximum absolute atomic E-state index is 11.6. The number of carboxylic acids is 1. The monoisotopic (exact) mass is 226 g/mol. The molecule has 2 unspecified atom stereocenters. The van der Waals surface area contributed by atoms with E-state index < -0.39 is 17.9 Å². The molecule has 0 radical (unpaired) electrons. The number of esters is 1. The highest BCUT2D eigenvalue weighted by Gasteiger charge is 2.33. The van der Waals surface area contributed by atoms with Gasteiger partial charge in [-0.25, -0.2) is 0 Å². The highest BCUT2D eigenvalue weighted by molar-refractivity contribution is 5.99. The SMILES string of the molecule is CCC(C)OC(=O)C(C(=O)O)c1ccco1. The highest BCUT2D eigenvalue weighted by Crippen LogP contribution is 2.19. The topological polar surface area (TPSA) is 76.7 Å². The molecular weight excluding hydrogens is 212 g/mol. The largest absolute Gasteiger partial charge is 0.480 e. The van der Waals surface area contributed by atoms with Gasteiger partial charge in [-0.15, -0.1) is 0 Å². The second-order valence-corrected chi connectivity index (χ2v) is 3.44. The van der Waals surface area contributed by atoms with Crippen LogP contribution < -0.4 is 0 Å². The van der Waals surface area contributed by atoms with E-state index in [0.29, 0.717) is 6.42 Å². The van der Waals surface area contributed by atoms with Crippen molar-refractivity contribution < 1.29 is 23.8 Å². The van der Waals surface area contributed by atoms with E-state index in [1.54, 1.807) is 6.92 Å². The maximum atomic E-state index is 11.6. The van der Waals surface area contributed by atoms with Crippen LogP contribution in [0.2, 0.25) is 0 Å². The number of hydrogen-bond acceptors (Lipinski definition) is 4. The van der Waals surface area contributed by atoms with E-state index in [2.05, 4.69) is 0 Å². The third-order valence-corrected chi connectivity index (χ3v) is 2.20. The number of carbonyl (C=O) groups excluding carboxylic acids is 1. The van der Waals surface area contributed by atoms with Gasteiger partial charge in [0, 0.05) is 0 Å². The smallest absolute Gasteiger partial charge is 0.328 e. The number of hydrogen-bond donors (Lipinski definition) is 1. The molecule has 0 aliphatic rings. The summed E-state index contributed by atoms with van der Waals surface area (Å²) in [5, 5.41) is 8.94. The van der Waals surface area contributed by atoms with Crippen molar-refractivity contribution in [1.29, 1.82) is 0 Å². The van der Waals surface area contributed by atoms with Gasteiger partial charge in [0.05, 0.1) is 12.4 Å². The Morgan fingerprint density at radius 1 is 1.56 bits per heavy atom. The molecule has 0 aromatic carbocycles. The van der Waals surface area contributed by atoms with Gasteiger partial charge in [-0.3, -0.25) is 9.59 Å². The van der Waals surface area contributed by atoms with Gasteiger partial charge < -0.3 is 14.3 Å². The van der Waals surface area contributed by atoms with Crippen molar-refractivity contribution in [2.24, 2.45) is 0 Å². The number of carboxylic acid groups (broad SMARTS) is 1. The number of rotatable bonds is 5. The number of furan rings is 1. The van der Waals surface area contributed by atoms with Crippen LogP contribution in [0.4, 0.5) is 0 Å². The molecule has 1 heterocycles. The molecule has 1 aromatic rings. The molecule has 0 saturated carbocycles. The molecule has 1 aromatic heterocycles. The van der Waals surface area contributed by atoms with Crippen molar-refractivity contribution in [2.45, 2.75) is 32.3 Å². The van der Waals surface area contributed by atoms with Crippen LogP contribution in [0, 0.1) is 0 Å². The molecule has 0 aliphatic heterocycles. The normalized spacial score (nSPS) is 14.1. The Kier molecular flexibility index (Phi) is 4.10. The van der Waals surface area contributed by atoms with Crippen LogP contribution in [-0.4, -0.2) is 23.1 Å². The van der Waals surface area contributed by atoms with Gasteiger partial charge in [-0.05, 0) is 25.5 Å². The van der Waals surface area contributed by atoms with E-state index in [-0.39, 0.29) is 11.9 Å². The van der Waals surface area contributed by atoms with Gasteiger partial charge in [0.15, 0.2) is 0 Å². The van der Waals surface area contributed by atoms with Crippen LogP contribution in [-0.2, 0) is 14.3 Å². The summed E-state index contributed by atoms with van der Waals surface area (Å²) in [4.78, 5) is 22.5. The maximum Gasteiger partial charge on any atom is 0.328 e. The molecule has 0 aliphatic carbocycles. The van der Waals surface area contributed by atoms with Crippen molar-refractivity contribution in [3.05, 3.63) is 24.2 Å². The van der Waals surface area contributed by atoms with E-state index in [1.165, 1.54) is 18.4 Å². The fourth-order valence-corrected chi connectivity index (χ4v) is 1.14. The lowest BCUT2D eigenvalue weighted by atomic mass is 10.1. The average Bonchev–Trinajstić information content (AvgIpc) is 2.70. The molecule has 2 atom stereocenters. The molecule has 5 nitrogen and oxygen atoms in total. The van der Waals surface area contributed by atoms with E-state index in [4.69, 9.17) is 14.3 Å². The zero-order valence-electron chi connectivity index (χ0n) is 9.17. The molecule has 0 bridgehead atoms. The molecule has 0 spiro atoms. The summed E-state index contributed by atoms with van der Waals surface area (Å²) in [5.41, 5.74) is 0. The summed E-state index contributed by atoms with van der Waals surface area (Å²) in [6, 6.07) is 2.97. The second-order valence-electron chi connectivity index (χ2n) is 3.44. The Morgan fingerprint density at radius 2 is 2.25 bits per heavy atom. The summed E-state index contributed by atoms with van der Waals surface area (Å²) < 4.78 is 9.88. The minimum atomic E-state index is -1.39. The first-order valence-electron chi connectivity index (χ1n) is 5.03. The fourth-order valence-electron chi connectivity index (χ4n) is 1.14. The Balaban J connectivity index is 2.79. The van der Waals surface area contributed by atoms with Gasteiger partial charge in [0.25, 0.3) is 0 Å². The van der Waals surface area contributed by atoms with Crippen LogP contribution >= 0.6 is 0 Å². The standard InChI is InChI=1S/C11H14O5/c1-3-7(2)16-11(14)9(10(12)13)8-5-4-6-15-8/h4-7,9H,3H2,1-2H3,(H,12,13). The van der Waals surface area contributed by atoms with Gasteiger partial charge in [0.2, 0.25) is 5.92 Å². The summed E-state index contributed by atoms with van der Waals surface area (Å²) in [7, 11) is 0. The van der Waals surface area contributed by atoms with E-state index in [0.717, 1.165) is 0 Å². The van der Waals surface area contributed by atoms with Crippen LogP contribution in [0.5, 0.6) is 0 Å². The summed E-state index contributed by atoms with van der Waals surface area (Å²) in [5.74, 6) is -3.37. The zero-order valence-corrected chi connectivity index (χ0v) is 9.17. The molecule has 1 rings (SSSR count). The first kappa shape index (κ1) is 12.3. The predicted molar refractivity (Wildman–Crippen MR) is 54.9 cm³/mol. The van der Waals surface area contributed by atoms with Crippen LogP contribution in [0.25, 0.3) is 0 Å². The molecule has 16 heavy (non-hydrogen) atoms. The number of carbonyl (C=O) groups is 2. The number of aliphatic carboxylic acids is 1. The highest BCUT2D eigenvalue weighted by atomic mass is 16.5. The molecule has 0 saturated heterocycles. The quantitative estimate of drug-likeness (QED) is 0.611. The second kappa shape index (κ2) is 5.34. The zero-order chi connectivity index (χ0) is 12.1. The van der Waals surface area contributed by atoms with E-state index in [9.17, 15) is 9.59 Å². The molecule has 0 amide bonds. The van der Waals surface area contributed by atoms with Crippen LogP contribution in [0.3, 0.4) is 0 Å². The lowest BCUT2D eigenvalue weighted by Crippen LogP contribution is -2.26.